The van der Waals surface area contributed by atoms with Gasteiger partial charge in [0.1, 0.15) is 0 Å². The number of nitrogens with one attached hydrogen (secondary N) is 2. The fourth-order valence-corrected chi connectivity index (χ4v) is 3.07. The molecule has 100 valence electrons. The van der Waals surface area contributed by atoms with E-state index in [0.717, 1.165) is 35.2 Å². The van der Waals surface area contributed by atoms with Crippen molar-refractivity contribution in [2.24, 2.45) is 5.92 Å². The summed E-state index contributed by atoms with van der Waals surface area (Å²) in [7, 11) is 0. The van der Waals surface area contributed by atoms with Crippen LogP contribution in [0.15, 0.2) is 30.5 Å². The third-order valence-corrected chi connectivity index (χ3v) is 4.09. The Kier molecular flexibility index (Phi) is 3.28. The van der Waals surface area contributed by atoms with E-state index in [1.165, 1.54) is 6.42 Å². The molecular weight excluding hydrogens is 236 g/mol. The first-order chi connectivity index (χ1) is 9.22. The molecule has 1 saturated carbocycles. The molecule has 1 heterocycles. The zero-order chi connectivity index (χ0) is 13.2. The van der Waals surface area contributed by atoms with Gasteiger partial charge in [-0.2, -0.15) is 0 Å². The number of hydrogen-bond donors (Lipinski definition) is 2. The van der Waals surface area contributed by atoms with Gasteiger partial charge in [0.15, 0.2) is 0 Å². The normalized spacial score (nSPS) is 22.8. The maximum absolute atomic E-state index is 12.1. The fourth-order valence-electron chi connectivity index (χ4n) is 3.07. The van der Waals surface area contributed by atoms with Crippen LogP contribution in [0.25, 0.3) is 10.9 Å². The minimum atomic E-state index is 0.142. The molecule has 1 amide bonds. The van der Waals surface area contributed by atoms with Crippen molar-refractivity contribution in [2.75, 3.05) is 0 Å². The van der Waals surface area contributed by atoms with Gasteiger partial charge < -0.3 is 10.3 Å². The van der Waals surface area contributed by atoms with Crippen LogP contribution in [0, 0.1) is 5.92 Å². The standard InChI is InChI=1S/C16H20N2O/c1-11-6-7-13(8-11)18-16(19)9-12-10-17-15-5-3-2-4-14(12)15/h2-5,10-11,13,17H,6-9H2,1H3,(H,18,19). The number of carbonyl (C=O) groups is 1. The monoisotopic (exact) mass is 256 g/mol. The number of amides is 1. The lowest BCUT2D eigenvalue weighted by Crippen LogP contribution is -2.33. The van der Waals surface area contributed by atoms with Gasteiger partial charge in [0.25, 0.3) is 0 Å². The number of H-pyrrole nitrogens is 1. The lowest BCUT2D eigenvalue weighted by molar-refractivity contribution is -0.121. The summed E-state index contributed by atoms with van der Waals surface area (Å²) < 4.78 is 0. The Bertz CT molecular complexity index is 587. The molecule has 1 aromatic carbocycles. The molecule has 0 radical (unpaired) electrons. The average molecular weight is 256 g/mol. The number of carbonyl (C=O) groups excluding carboxylic acids is 1. The molecule has 2 unspecified atom stereocenters. The third kappa shape index (κ3) is 2.65. The highest BCUT2D eigenvalue weighted by molar-refractivity contribution is 5.88. The minimum Gasteiger partial charge on any atom is -0.361 e. The summed E-state index contributed by atoms with van der Waals surface area (Å²) in [4.78, 5) is 15.3. The molecule has 1 aliphatic rings. The summed E-state index contributed by atoms with van der Waals surface area (Å²) in [6.45, 7) is 2.26. The number of rotatable bonds is 3. The van der Waals surface area contributed by atoms with Gasteiger partial charge in [-0.25, -0.2) is 0 Å². The summed E-state index contributed by atoms with van der Waals surface area (Å²) in [5, 5.41) is 4.31. The molecule has 3 nitrogen and oxygen atoms in total. The van der Waals surface area contributed by atoms with Gasteiger partial charge in [0.05, 0.1) is 6.42 Å². The molecule has 0 bridgehead atoms. The second kappa shape index (κ2) is 5.08. The third-order valence-electron chi connectivity index (χ3n) is 4.09. The van der Waals surface area contributed by atoms with E-state index in [9.17, 15) is 4.79 Å². The van der Waals surface area contributed by atoms with Crippen LogP contribution in [0.1, 0.15) is 31.7 Å². The van der Waals surface area contributed by atoms with Crippen molar-refractivity contribution in [3.05, 3.63) is 36.0 Å². The van der Waals surface area contributed by atoms with Gasteiger partial charge in [0, 0.05) is 23.1 Å². The number of aromatic amines is 1. The molecule has 2 N–H and O–H groups in total. The first kappa shape index (κ1) is 12.3. The number of aromatic nitrogens is 1. The summed E-state index contributed by atoms with van der Waals surface area (Å²) in [6.07, 6.45) is 5.90. The second-order valence-corrected chi connectivity index (χ2v) is 5.72. The van der Waals surface area contributed by atoms with Crippen LogP contribution < -0.4 is 5.32 Å². The predicted octanol–water partition coefficient (Wildman–Crippen LogP) is 3.02. The molecule has 1 aromatic heterocycles. The Morgan fingerprint density at radius 3 is 3.00 bits per heavy atom. The van der Waals surface area contributed by atoms with Crippen LogP contribution in [0.2, 0.25) is 0 Å². The summed E-state index contributed by atoms with van der Waals surface area (Å²) in [6, 6.07) is 8.49. The Balaban J connectivity index is 1.66. The molecule has 1 fully saturated rings. The van der Waals surface area contributed by atoms with Crippen molar-refractivity contribution in [3.63, 3.8) is 0 Å². The highest BCUT2D eigenvalue weighted by Crippen LogP contribution is 2.25. The van der Waals surface area contributed by atoms with Gasteiger partial charge in [-0.1, -0.05) is 25.1 Å². The van der Waals surface area contributed by atoms with Crippen LogP contribution >= 0.6 is 0 Å². The van der Waals surface area contributed by atoms with E-state index in [0.29, 0.717) is 12.5 Å². The molecule has 2 atom stereocenters. The van der Waals surface area contributed by atoms with E-state index in [1.54, 1.807) is 0 Å². The van der Waals surface area contributed by atoms with E-state index in [1.807, 2.05) is 24.4 Å². The van der Waals surface area contributed by atoms with Gasteiger partial charge in [-0.05, 0) is 36.8 Å². The zero-order valence-electron chi connectivity index (χ0n) is 11.3. The molecule has 19 heavy (non-hydrogen) atoms. The highest BCUT2D eigenvalue weighted by Gasteiger charge is 2.22. The topological polar surface area (TPSA) is 44.9 Å². The summed E-state index contributed by atoms with van der Waals surface area (Å²) in [5.41, 5.74) is 2.18. The van der Waals surface area contributed by atoms with Gasteiger partial charge >= 0.3 is 0 Å². The Hall–Kier alpha value is -1.77. The van der Waals surface area contributed by atoms with Crippen LogP contribution in [0.4, 0.5) is 0 Å². The molecule has 0 saturated heterocycles. The Morgan fingerprint density at radius 1 is 1.37 bits per heavy atom. The van der Waals surface area contributed by atoms with Crippen molar-refractivity contribution in [1.29, 1.82) is 0 Å². The molecule has 1 aliphatic carbocycles. The average Bonchev–Trinajstić information content (AvgIpc) is 2.97. The van der Waals surface area contributed by atoms with Crippen molar-refractivity contribution in [1.82, 2.24) is 10.3 Å². The first-order valence-electron chi connectivity index (χ1n) is 7.06. The quantitative estimate of drug-likeness (QED) is 0.871. The number of hydrogen-bond acceptors (Lipinski definition) is 1. The van der Waals surface area contributed by atoms with Crippen LogP contribution in [-0.2, 0) is 11.2 Å². The minimum absolute atomic E-state index is 0.142. The molecular formula is C16H20N2O. The zero-order valence-corrected chi connectivity index (χ0v) is 11.3. The molecule has 2 aromatic rings. The van der Waals surface area contributed by atoms with E-state index in [4.69, 9.17) is 0 Å². The van der Waals surface area contributed by atoms with E-state index in [2.05, 4.69) is 23.3 Å². The van der Waals surface area contributed by atoms with E-state index >= 15 is 0 Å². The van der Waals surface area contributed by atoms with Gasteiger partial charge in [-0.15, -0.1) is 0 Å². The number of para-hydroxylation sites is 1. The highest BCUT2D eigenvalue weighted by atomic mass is 16.1. The van der Waals surface area contributed by atoms with Crippen molar-refractivity contribution in [3.8, 4) is 0 Å². The molecule has 3 heteroatoms. The summed E-state index contributed by atoms with van der Waals surface area (Å²) >= 11 is 0. The van der Waals surface area contributed by atoms with Crippen molar-refractivity contribution < 1.29 is 4.79 Å². The van der Waals surface area contributed by atoms with E-state index < -0.39 is 0 Å². The van der Waals surface area contributed by atoms with Crippen LogP contribution in [-0.4, -0.2) is 16.9 Å². The largest absolute Gasteiger partial charge is 0.361 e. The Morgan fingerprint density at radius 2 is 2.21 bits per heavy atom. The fraction of sp³-hybridized carbons (Fsp3) is 0.438. The lowest BCUT2D eigenvalue weighted by atomic mass is 10.1. The smallest absolute Gasteiger partial charge is 0.224 e. The second-order valence-electron chi connectivity index (χ2n) is 5.72. The van der Waals surface area contributed by atoms with Crippen molar-refractivity contribution in [2.45, 2.75) is 38.6 Å². The predicted molar refractivity (Wildman–Crippen MR) is 76.9 cm³/mol. The molecule has 0 aliphatic heterocycles. The van der Waals surface area contributed by atoms with Crippen LogP contribution in [0.3, 0.4) is 0 Å². The van der Waals surface area contributed by atoms with Crippen LogP contribution in [0.5, 0.6) is 0 Å². The molecule has 3 rings (SSSR count). The maximum Gasteiger partial charge on any atom is 0.224 e. The number of fused-ring (bicyclic) bond motifs is 1. The van der Waals surface area contributed by atoms with Crippen molar-refractivity contribution >= 4 is 16.8 Å². The lowest BCUT2D eigenvalue weighted by Gasteiger charge is -2.12. The molecule has 0 spiro atoms. The van der Waals surface area contributed by atoms with E-state index in [-0.39, 0.29) is 5.91 Å². The van der Waals surface area contributed by atoms with Gasteiger partial charge in [0.2, 0.25) is 5.91 Å². The SMILES string of the molecule is CC1CCC(NC(=O)Cc2c[nH]c3ccccc23)C1. The summed E-state index contributed by atoms with van der Waals surface area (Å²) in [5.74, 6) is 0.891. The maximum atomic E-state index is 12.1. The Labute approximate surface area is 113 Å². The number of benzene rings is 1. The van der Waals surface area contributed by atoms with Gasteiger partial charge in [-0.3, -0.25) is 4.79 Å². The first-order valence-corrected chi connectivity index (χ1v) is 7.06.